The molecule has 1 aromatic heterocycles. The quantitative estimate of drug-likeness (QED) is 0.877. The summed E-state index contributed by atoms with van der Waals surface area (Å²) in [4.78, 5) is 9.12. The van der Waals surface area contributed by atoms with Crippen LogP contribution in [0.25, 0.3) is 0 Å². The Morgan fingerprint density at radius 3 is 2.68 bits per heavy atom. The molecule has 2 heterocycles. The Labute approximate surface area is 132 Å². The van der Waals surface area contributed by atoms with Crippen LogP contribution in [0.3, 0.4) is 0 Å². The van der Waals surface area contributed by atoms with Gasteiger partial charge in [0.2, 0.25) is 11.8 Å². The van der Waals surface area contributed by atoms with Crippen molar-refractivity contribution >= 4 is 5.95 Å². The largest absolute Gasteiger partial charge is 0.473 e. The van der Waals surface area contributed by atoms with E-state index in [0.29, 0.717) is 12.0 Å². The van der Waals surface area contributed by atoms with Gasteiger partial charge < -0.3 is 15.8 Å². The summed E-state index contributed by atoms with van der Waals surface area (Å²) in [6.45, 7) is 3.09. The smallest absolute Gasteiger partial charge is 0.223 e. The van der Waals surface area contributed by atoms with Gasteiger partial charge in [0.15, 0.2) is 0 Å². The van der Waals surface area contributed by atoms with Crippen molar-refractivity contribution in [3.8, 4) is 5.88 Å². The van der Waals surface area contributed by atoms with Crippen LogP contribution >= 0.6 is 0 Å². The second-order valence-corrected chi connectivity index (χ2v) is 7.34. The van der Waals surface area contributed by atoms with Crippen molar-refractivity contribution in [3.05, 3.63) is 11.3 Å². The Morgan fingerprint density at radius 2 is 1.95 bits per heavy atom. The van der Waals surface area contributed by atoms with E-state index in [-0.39, 0.29) is 11.5 Å². The van der Waals surface area contributed by atoms with E-state index in [2.05, 4.69) is 22.2 Å². The van der Waals surface area contributed by atoms with Crippen LogP contribution in [0.15, 0.2) is 0 Å². The molecule has 1 aliphatic heterocycles. The molecular formula is C17H26N4O. The molecule has 2 fully saturated rings. The molecule has 2 atom stereocenters. The maximum atomic E-state index is 6.23. The zero-order valence-corrected chi connectivity index (χ0v) is 13.4. The number of hydrogen-bond acceptors (Lipinski definition) is 5. The minimum absolute atomic E-state index is 0.204. The SMILES string of the molecule is C[C@@H]1C[C@@H](Oc2nc(N)nc3c2CCCC32CCCC2)CN1. The summed E-state index contributed by atoms with van der Waals surface area (Å²) < 4.78 is 6.23. The highest BCUT2D eigenvalue weighted by molar-refractivity contribution is 5.42. The lowest BCUT2D eigenvalue weighted by Gasteiger charge is -2.35. The number of rotatable bonds is 2. The summed E-state index contributed by atoms with van der Waals surface area (Å²) in [6, 6.07) is 0.515. The second kappa shape index (κ2) is 5.37. The van der Waals surface area contributed by atoms with E-state index >= 15 is 0 Å². The molecule has 3 N–H and O–H groups in total. The van der Waals surface area contributed by atoms with Crippen molar-refractivity contribution in [2.24, 2.45) is 0 Å². The first kappa shape index (κ1) is 14.2. The third-order valence-electron chi connectivity index (χ3n) is 5.72. The summed E-state index contributed by atoms with van der Waals surface area (Å²) in [5.41, 5.74) is 8.72. The molecule has 4 rings (SSSR count). The molecule has 120 valence electrons. The molecule has 3 aliphatic rings. The fraction of sp³-hybridized carbons (Fsp3) is 0.765. The molecule has 0 aromatic carbocycles. The van der Waals surface area contributed by atoms with Gasteiger partial charge in [0.05, 0.1) is 5.69 Å². The molecule has 0 bridgehead atoms. The van der Waals surface area contributed by atoms with Crippen LogP contribution in [-0.2, 0) is 11.8 Å². The second-order valence-electron chi connectivity index (χ2n) is 7.34. The highest BCUT2D eigenvalue weighted by Crippen LogP contribution is 2.49. The van der Waals surface area contributed by atoms with Crippen LogP contribution in [0.1, 0.15) is 63.1 Å². The molecule has 1 spiro atoms. The lowest BCUT2D eigenvalue weighted by molar-refractivity contribution is 0.205. The fourth-order valence-corrected chi connectivity index (χ4v) is 4.64. The zero-order valence-electron chi connectivity index (χ0n) is 13.4. The highest BCUT2D eigenvalue weighted by Gasteiger charge is 2.42. The van der Waals surface area contributed by atoms with Gasteiger partial charge in [-0.05, 0) is 39.0 Å². The minimum Gasteiger partial charge on any atom is -0.473 e. The van der Waals surface area contributed by atoms with Crippen LogP contribution < -0.4 is 15.8 Å². The van der Waals surface area contributed by atoms with Gasteiger partial charge in [-0.1, -0.05) is 12.8 Å². The summed E-state index contributed by atoms with van der Waals surface area (Å²) in [5.74, 6) is 1.13. The van der Waals surface area contributed by atoms with Crippen LogP contribution in [0.4, 0.5) is 5.95 Å². The molecule has 1 saturated heterocycles. The zero-order chi connectivity index (χ0) is 15.2. The summed E-state index contributed by atoms with van der Waals surface area (Å²) >= 11 is 0. The fourth-order valence-electron chi connectivity index (χ4n) is 4.64. The third-order valence-corrected chi connectivity index (χ3v) is 5.72. The van der Waals surface area contributed by atoms with Crippen LogP contribution in [-0.4, -0.2) is 28.7 Å². The standard InChI is InChI=1S/C17H26N4O/c1-11-9-12(10-19-11)22-15-13-5-4-8-17(6-2-3-7-17)14(13)20-16(18)21-15/h11-12,19H,2-10H2,1H3,(H2,18,20,21)/t11-,12-/m1/s1. The maximum Gasteiger partial charge on any atom is 0.223 e. The number of nitrogens with zero attached hydrogens (tertiary/aromatic N) is 2. The summed E-state index contributed by atoms with van der Waals surface area (Å²) in [6.07, 6.45) is 9.85. The van der Waals surface area contributed by atoms with E-state index in [1.54, 1.807) is 0 Å². The number of aromatic nitrogens is 2. The van der Waals surface area contributed by atoms with Gasteiger partial charge in [0, 0.05) is 30.0 Å². The molecule has 0 unspecified atom stereocenters. The van der Waals surface area contributed by atoms with E-state index in [9.17, 15) is 0 Å². The maximum absolute atomic E-state index is 6.23. The van der Waals surface area contributed by atoms with Gasteiger partial charge in [0.1, 0.15) is 6.10 Å². The van der Waals surface area contributed by atoms with E-state index in [1.807, 2.05) is 0 Å². The normalized spacial score (nSPS) is 29.7. The van der Waals surface area contributed by atoms with E-state index in [0.717, 1.165) is 25.3 Å². The van der Waals surface area contributed by atoms with Gasteiger partial charge in [0.25, 0.3) is 0 Å². The van der Waals surface area contributed by atoms with E-state index in [1.165, 1.54) is 49.8 Å². The molecule has 5 heteroatoms. The molecule has 0 radical (unpaired) electrons. The van der Waals surface area contributed by atoms with Crippen molar-refractivity contribution in [1.82, 2.24) is 15.3 Å². The molecule has 22 heavy (non-hydrogen) atoms. The first-order valence-corrected chi connectivity index (χ1v) is 8.73. The number of fused-ring (bicyclic) bond motifs is 2. The average molecular weight is 302 g/mol. The number of anilines is 1. The third kappa shape index (κ3) is 2.35. The first-order chi connectivity index (χ1) is 10.7. The van der Waals surface area contributed by atoms with Gasteiger partial charge >= 0.3 is 0 Å². The Hall–Kier alpha value is -1.36. The molecule has 1 saturated carbocycles. The monoisotopic (exact) mass is 302 g/mol. The highest BCUT2D eigenvalue weighted by atomic mass is 16.5. The van der Waals surface area contributed by atoms with Gasteiger partial charge in [-0.15, -0.1) is 0 Å². The number of nitrogen functional groups attached to an aromatic ring is 1. The van der Waals surface area contributed by atoms with Crippen molar-refractivity contribution in [1.29, 1.82) is 0 Å². The Kier molecular flexibility index (Phi) is 3.48. The van der Waals surface area contributed by atoms with Crippen LogP contribution in [0.5, 0.6) is 5.88 Å². The summed E-state index contributed by atoms with van der Waals surface area (Å²) in [7, 11) is 0. The predicted molar refractivity (Wildman–Crippen MR) is 86.0 cm³/mol. The number of ether oxygens (including phenoxy) is 1. The molecule has 0 amide bonds. The molecule has 2 aliphatic carbocycles. The summed E-state index contributed by atoms with van der Waals surface area (Å²) in [5, 5.41) is 3.43. The van der Waals surface area contributed by atoms with E-state index in [4.69, 9.17) is 10.5 Å². The lowest BCUT2D eigenvalue weighted by atomic mass is 9.72. The van der Waals surface area contributed by atoms with Crippen LogP contribution in [0, 0.1) is 0 Å². The molecule has 5 nitrogen and oxygen atoms in total. The first-order valence-electron chi connectivity index (χ1n) is 8.73. The van der Waals surface area contributed by atoms with Crippen molar-refractivity contribution < 1.29 is 4.74 Å². The average Bonchev–Trinajstić information content (AvgIpc) is 3.11. The van der Waals surface area contributed by atoms with Crippen molar-refractivity contribution in [2.45, 2.75) is 75.9 Å². The van der Waals surface area contributed by atoms with Crippen molar-refractivity contribution in [3.63, 3.8) is 0 Å². The van der Waals surface area contributed by atoms with Crippen molar-refractivity contribution in [2.75, 3.05) is 12.3 Å². The minimum atomic E-state index is 0.204. The Morgan fingerprint density at radius 1 is 1.18 bits per heavy atom. The lowest BCUT2D eigenvalue weighted by Crippen LogP contribution is -2.31. The topological polar surface area (TPSA) is 73.1 Å². The number of nitrogens with two attached hydrogens (primary N) is 1. The van der Waals surface area contributed by atoms with Gasteiger partial charge in [-0.25, -0.2) is 4.98 Å². The Balaban J connectivity index is 1.69. The van der Waals surface area contributed by atoms with Gasteiger partial charge in [-0.2, -0.15) is 4.98 Å². The molecule has 1 aromatic rings. The predicted octanol–water partition coefficient (Wildman–Crippen LogP) is 2.34. The van der Waals surface area contributed by atoms with Gasteiger partial charge in [-0.3, -0.25) is 0 Å². The number of nitrogens with one attached hydrogen (secondary N) is 1. The number of hydrogen-bond donors (Lipinski definition) is 2. The Bertz CT molecular complexity index is 568. The van der Waals surface area contributed by atoms with E-state index < -0.39 is 0 Å². The molecular weight excluding hydrogens is 276 g/mol. The van der Waals surface area contributed by atoms with Crippen LogP contribution in [0.2, 0.25) is 0 Å².